The van der Waals surface area contributed by atoms with Gasteiger partial charge in [0.1, 0.15) is 5.82 Å². The third kappa shape index (κ3) is 3.05. The first-order valence-electron chi connectivity index (χ1n) is 6.06. The van der Waals surface area contributed by atoms with E-state index in [1.807, 2.05) is 13.8 Å². The van der Waals surface area contributed by atoms with Crippen LogP contribution in [0.25, 0.3) is 0 Å². The molecule has 0 aliphatic heterocycles. The summed E-state index contributed by atoms with van der Waals surface area (Å²) in [7, 11) is 0. The predicted molar refractivity (Wildman–Crippen MR) is 66.3 cm³/mol. The van der Waals surface area contributed by atoms with E-state index in [1.165, 1.54) is 6.07 Å². The molecule has 1 rings (SSSR count). The minimum Gasteiger partial charge on any atom is -0.395 e. The molecule has 0 aliphatic carbocycles. The highest BCUT2D eigenvalue weighted by Gasteiger charge is 2.34. The Morgan fingerprint density at radius 2 is 1.82 bits per heavy atom. The summed E-state index contributed by atoms with van der Waals surface area (Å²) in [5.41, 5.74) is -0.467. The highest BCUT2D eigenvalue weighted by atomic mass is 19.1. The van der Waals surface area contributed by atoms with Gasteiger partial charge in [-0.2, -0.15) is 0 Å². The van der Waals surface area contributed by atoms with E-state index in [0.717, 1.165) is 6.42 Å². The average molecular weight is 240 g/mol. The van der Waals surface area contributed by atoms with Crippen molar-refractivity contribution < 1.29 is 14.6 Å². The number of hydrogen-bond donors (Lipinski definition) is 2. The molecule has 0 radical (unpaired) electrons. The van der Waals surface area contributed by atoms with Crippen LogP contribution < -0.4 is 0 Å². The molecule has 0 aliphatic rings. The molecule has 0 saturated heterocycles. The molecule has 1 atom stereocenters. The van der Waals surface area contributed by atoms with Gasteiger partial charge >= 0.3 is 0 Å². The number of halogens is 1. The molecule has 1 aromatic carbocycles. The molecule has 0 aromatic heterocycles. The third-order valence-electron chi connectivity index (χ3n) is 3.49. The molecule has 2 nitrogen and oxygen atoms in total. The zero-order valence-corrected chi connectivity index (χ0v) is 10.5. The molecule has 1 aromatic rings. The first kappa shape index (κ1) is 14.1. The number of rotatable bonds is 6. The van der Waals surface area contributed by atoms with E-state index in [4.69, 9.17) is 0 Å². The van der Waals surface area contributed by atoms with Gasteiger partial charge in [-0.25, -0.2) is 4.39 Å². The van der Waals surface area contributed by atoms with Crippen molar-refractivity contribution in [1.29, 1.82) is 0 Å². The molecule has 17 heavy (non-hydrogen) atoms. The summed E-state index contributed by atoms with van der Waals surface area (Å²) < 4.78 is 13.8. The van der Waals surface area contributed by atoms with E-state index in [-0.39, 0.29) is 19.0 Å². The molecular formula is C14H21FO2. The molecule has 0 bridgehead atoms. The van der Waals surface area contributed by atoms with Gasteiger partial charge in [0.15, 0.2) is 0 Å². The second-order valence-corrected chi connectivity index (χ2v) is 4.79. The van der Waals surface area contributed by atoms with Gasteiger partial charge in [-0.05, 0) is 24.0 Å². The van der Waals surface area contributed by atoms with Gasteiger partial charge in [0.05, 0.1) is 13.2 Å². The van der Waals surface area contributed by atoms with E-state index >= 15 is 0 Å². The smallest absolute Gasteiger partial charge is 0.127 e. The van der Waals surface area contributed by atoms with Crippen LogP contribution in [0.4, 0.5) is 4.39 Å². The van der Waals surface area contributed by atoms with Crippen LogP contribution in [-0.2, 0) is 5.41 Å². The van der Waals surface area contributed by atoms with Crippen LogP contribution in [0.3, 0.4) is 0 Å². The van der Waals surface area contributed by atoms with Gasteiger partial charge in [-0.3, -0.25) is 0 Å². The van der Waals surface area contributed by atoms with Crippen molar-refractivity contribution in [3.8, 4) is 0 Å². The van der Waals surface area contributed by atoms with Gasteiger partial charge in [0, 0.05) is 5.41 Å². The van der Waals surface area contributed by atoms with Crippen molar-refractivity contribution in [2.24, 2.45) is 5.92 Å². The largest absolute Gasteiger partial charge is 0.395 e. The minimum absolute atomic E-state index is 0.241. The Labute approximate surface area is 102 Å². The van der Waals surface area contributed by atoms with Crippen molar-refractivity contribution in [3.63, 3.8) is 0 Å². The highest BCUT2D eigenvalue weighted by molar-refractivity contribution is 5.27. The van der Waals surface area contributed by atoms with E-state index in [9.17, 15) is 14.6 Å². The Morgan fingerprint density at radius 3 is 2.29 bits per heavy atom. The number of hydrogen-bond acceptors (Lipinski definition) is 2. The van der Waals surface area contributed by atoms with E-state index in [0.29, 0.717) is 17.9 Å². The normalized spacial score (nSPS) is 13.7. The van der Waals surface area contributed by atoms with Crippen molar-refractivity contribution >= 4 is 0 Å². The van der Waals surface area contributed by atoms with Gasteiger partial charge in [0.25, 0.3) is 0 Å². The maximum Gasteiger partial charge on any atom is 0.127 e. The lowest BCUT2D eigenvalue weighted by Gasteiger charge is -2.33. The van der Waals surface area contributed by atoms with Crippen LogP contribution in [0.1, 0.15) is 32.3 Å². The predicted octanol–water partition coefficient (Wildman–Crippen LogP) is 2.48. The zero-order valence-electron chi connectivity index (χ0n) is 10.5. The summed E-state index contributed by atoms with van der Waals surface area (Å²) in [4.78, 5) is 0. The Bertz CT molecular complexity index is 348. The van der Waals surface area contributed by atoms with Crippen LogP contribution in [0, 0.1) is 11.7 Å². The van der Waals surface area contributed by atoms with E-state index in [1.54, 1.807) is 18.2 Å². The van der Waals surface area contributed by atoms with Crippen LogP contribution in [-0.4, -0.2) is 23.4 Å². The van der Waals surface area contributed by atoms with Crippen LogP contribution in [0.5, 0.6) is 0 Å². The number of benzene rings is 1. The second-order valence-electron chi connectivity index (χ2n) is 4.79. The maximum atomic E-state index is 13.8. The monoisotopic (exact) mass is 240 g/mol. The Hall–Kier alpha value is -0.930. The summed E-state index contributed by atoms with van der Waals surface area (Å²) in [6, 6.07) is 6.35. The molecule has 2 N–H and O–H groups in total. The molecule has 0 fully saturated rings. The molecule has 0 amide bonds. The molecule has 0 saturated carbocycles. The summed E-state index contributed by atoms with van der Waals surface area (Å²) in [6.45, 7) is 3.61. The fraction of sp³-hybridized carbons (Fsp3) is 0.571. The summed E-state index contributed by atoms with van der Waals surface area (Å²) in [5, 5.41) is 19.1. The second kappa shape index (κ2) is 6.12. The van der Waals surface area contributed by atoms with Crippen LogP contribution in [0.2, 0.25) is 0 Å². The summed E-state index contributed by atoms with van der Waals surface area (Å²) in [5.74, 6) is -0.0344. The van der Waals surface area contributed by atoms with E-state index in [2.05, 4.69) is 0 Å². The van der Waals surface area contributed by atoms with Crippen molar-refractivity contribution in [1.82, 2.24) is 0 Å². The van der Waals surface area contributed by atoms with Gasteiger partial charge in [0.2, 0.25) is 0 Å². The minimum atomic E-state index is -0.874. The van der Waals surface area contributed by atoms with Crippen LogP contribution >= 0.6 is 0 Å². The maximum absolute atomic E-state index is 13.8. The zero-order chi connectivity index (χ0) is 12.9. The van der Waals surface area contributed by atoms with Crippen molar-refractivity contribution in [3.05, 3.63) is 35.6 Å². The lowest BCUT2D eigenvalue weighted by Crippen LogP contribution is -2.37. The molecular weight excluding hydrogens is 219 g/mol. The first-order chi connectivity index (χ1) is 8.09. The molecule has 0 spiro atoms. The SMILES string of the molecule is CCC(C)CC(CO)(CO)c1ccccc1F. The lowest BCUT2D eigenvalue weighted by atomic mass is 9.74. The number of aliphatic hydroxyl groups excluding tert-OH is 2. The summed E-state index contributed by atoms with van der Waals surface area (Å²) >= 11 is 0. The quantitative estimate of drug-likeness (QED) is 0.802. The van der Waals surface area contributed by atoms with Gasteiger partial charge < -0.3 is 10.2 Å². The fourth-order valence-corrected chi connectivity index (χ4v) is 2.16. The molecule has 96 valence electrons. The van der Waals surface area contributed by atoms with Crippen molar-refractivity contribution in [2.45, 2.75) is 32.1 Å². The number of aliphatic hydroxyl groups is 2. The molecule has 0 heterocycles. The van der Waals surface area contributed by atoms with Crippen molar-refractivity contribution in [2.75, 3.05) is 13.2 Å². The Kier molecular flexibility index (Phi) is 5.09. The van der Waals surface area contributed by atoms with Crippen LogP contribution in [0.15, 0.2) is 24.3 Å². The third-order valence-corrected chi connectivity index (χ3v) is 3.49. The Morgan fingerprint density at radius 1 is 1.24 bits per heavy atom. The lowest BCUT2D eigenvalue weighted by molar-refractivity contribution is 0.0936. The van der Waals surface area contributed by atoms with E-state index < -0.39 is 5.41 Å². The molecule has 3 heteroatoms. The summed E-state index contributed by atoms with van der Waals surface area (Å²) in [6.07, 6.45) is 1.52. The first-order valence-corrected chi connectivity index (χ1v) is 6.06. The topological polar surface area (TPSA) is 40.5 Å². The highest BCUT2D eigenvalue weighted by Crippen LogP contribution is 2.33. The fourth-order valence-electron chi connectivity index (χ4n) is 2.16. The van der Waals surface area contributed by atoms with Gasteiger partial charge in [-0.15, -0.1) is 0 Å². The average Bonchev–Trinajstić information content (AvgIpc) is 2.36. The Balaban J connectivity index is 3.11. The van der Waals surface area contributed by atoms with Gasteiger partial charge in [-0.1, -0.05) is 38.5 Å². The standard InChI is InChI=1S/C14H21FO2/c1-3-11(2)8-14(9-16,10-17)12-6-4-5-7-13(12)15/h4-7,11,16-17H,3,8-10H2,1-2H3. The molecule has 1 unspecified atom stereocenters.